The first-order valence-corrected chi connectivity index (χ1v) is 11.6. The first kappa shape index (κ1) is 27.1. The van der Waals surface area contributed by atoms with E-state index in [0.29, 0.717) is 25.7 Å². The average Bonchev–Trinajstić information content (AvgIpc) is 2.96. The zero-order valence-electron chi connectivity index (χ0n) is 17.5. The highest BCUT2D eigenvalue weighted by Gasteiger charge is 2.37. The number of nitrogens with one attached hydrogen (secondary N) is 2. The molecular weight excluding hydrogens is 432 g/mol. The van der Waals surface area contributed by atoms with Gasteiger partial charge >= 0.3 is 0 Å². The Balaban J connectivity index is 2.95. The van der Waals surface area contributed by atoms with Gasteiger partial charge in [0.25, 0.3) is 0 Å². The summed E-state index contributed by atoms with van der Waals surface area (Å²) in [7, 11) is 0. The Morgan fingerprint density at radius 2 is 2.17 bits per heavy atom. The second kappa shape index (κ2) is 14.2. The van der Waals surface area contributed by atoms with Crippen molar-refractivity contribution in [2.75, 3.05) is 19.4 Å². The molecule has 0 fully saturated rings. The molecule has 7 atom stereocenters. The van der Waals surface area contributed by atoms with E-state index < -0.39 is 47.8 Å². The molecule has 172 valence electrons. The fourth-order valence-electron chi connectivity index (χ4n) is 3.12. The predicted octanol–water partition coefficient (Wildman–Crippen LogP) is 0.340. The fourth-order valence-corrected chi connectivity index (χ4v) is 3.96. The molecule has 0 aromatic heterocycles. The predicted molar refractivity (Wildman–Crippen MR) is 119 cm³/mol. The lowest BCUT2D eigenvalue weighted by Gasteiger charge is -2.36. The first-order chi connectivity index (χ1) is 14.2. The largest absolute Gasteiger partial charge is 0.394 e. The van der Waals surface area contributed by atoms with Crippen LogP contribution in [-0.4, -0.2) is 88.1 Å². The standard InChI is InChI=1S/C20H33ClN2O6S/c1-12(21)17(18(16(27)11-25)29-20(30-3)13(2)26)23-19(28)15-7-6-14(5-4-10-24)8-9-22-15/h4-6,10,12-13,15-18,20,22,25-27H,7-9,11H2,1-3H3,(H,23,28)/b5-4+/t12?,13?,15?,16-,17?,18?,20?/m0/s1. The molecular formula is C20H33ClN2O6S. The zero-order chi connectivity index (χ0) is 22.7. The molecule has 0 spiro atoms. The maximum absolute atomic E-state index is 12.9. The summed E-state index contributed by atoms with van der Waals surface area (Å²) in [5.41, 5.74) is 0.293. The van der Waals surface area contributed by atoms with Gasteiger partial charge in [-0.2, -0.15) is 0 Å². The van der Waals surface area contributed by atoms with Gasteiger partial charge in [0.05, 0.1) is 30.2 Å². The number of ether oxygens (including phenoxy) is 1. The van der Waals surface area contributed by atoms with Crippen LogP contribution in [0.4, 0.5) is 0 Å². The molecule has 1 heterocycles. The third-order valence-corrected chi connectivity index (χ3v) is 6.01. The number of aliphatic hydroxyl groups excluding tert-OH is 3. The van der Waals surface area contributed by atoms with Gasteiger partial charge in [-0.15, -0.1) is 23.4 Å². The first-order valence-electron chi connectivity index (χ1n) is 9.89. The Labute approximate surface area is 187 Å². The fraction of sp³-hybridized carbons (Fsp3) is 0.700. The highest BCUT2D eigenvalue weighted by atomic mass is 35.5. The van der Waals surface area contributed by atoms with Crippen molar-refractivity contribution in [1.82, 2.24) is 10.6 Å². The van der Waals surface area contributed by atoms with Gasteiger partial charge < -0.3 is 30.7 Å². The second-order valence-corrected chi connectivity index (χ2v) is 8.80. The van der Waals surface area contributed by atoms with E-state index in [0.717, 1.165) is 5.57 Å². The molecule has 0 bridgehead atoms. The number of halogens is 1. The lowest BCUT2D eigenvalue weighted by atomic mass is 10.0. The number of aliphatic hydroxyl groups is 3. The third-order valence-electron chi connectivity index (χ3n) is 4.77. The molecule has 1 aliphatic heterocycles. The minimum Gasteiger partial charge on any atom is -0.394 e. The van der Waals surface area contributed by atoms with Crippen molar-refractivity contribution in [3.05, 3.63) is 23.8 Å². The minimum atomic E-state index is -1.30. The van der Waals surface area contributed by atoms with E-state index in [2.05, 4.69) is 10.6 Å². The van der Waals surface area contributed by atoms with E-state index in [1.54, 1.807) is 26.2 Å². The van der Waals surface area contributed by atoms with E-state index in [-0.39, 0.29) is 5.91 Å². The molecule has 0 aromatic carbocycles. The maximum Gasteiger partial charge on any atom is 0.237 e. The van der Waals surface area contributed by atoms with Crippen molar-refractivity contribution in [3.8, 4) is 0 Å². The molecule has 0 radical (unpaired) electrons. The molecule has 6 unspecified atom stereocenters. The molecule has 10 heteroatoms. The number of carbonyl (C=O) groups excluding carboxylic acids is 2. The summed E-state index contributed by atoms with van der Waals surface area (Å²) in [6.45, 7) is 3.19. The normalized spacial score (nSPS) is 23.6. The second-order valence-electron chi connectivity index (χ2n) is 7.17. The molecule has 0 saturated heterocycles. The summed E-state index contributed by atoms with van der Waals surface area (Å²) in [5.74, 6) is -0.319. The van der Waals surface area contributed by atoms with Crippen molar-refractivity contribution in [2.45, 2.75) is 67.9 Å². The van der Waals surface area contributed by atoms with Crippen molar-refractivity contribution in [3.63, 3.8) is 0 Å². The van der Waals surface area contributed by atoms with Crippen molar-refractivity contribution < 1.29 is 29.6 Å². The Kier molecular flexibility index (Phi) is 12.8. The van der Waals surface area contributed by atoms with Crippen LogP contribution in [0.5, 0.6) is 0 Å². The van der Waals surface area contributed by atoms with Crippen LogP contribution < -0.4 is 10.6 Å². The average molecular weight is 465 g/mol. The van der Waals surface area contributed by atoms with Crippen LogP contribution in [0.2, 0.25) is 0 Å². The monoisotopic (exact) mass is 464 g/mol. The van der Waals surface area contributed by atoms with Crippen LogP contribution in [0.25, 0.3) is 0 Å². The van der Waals surface area contributed by atoms with Gasteiger partial charge in [-0.25, -0.2) is 0 Å². The molecule has 1 aliphatic rings. The topological polar surface area (TPSA) is 128 Å². The third kappa shape index (κ3) is 8.66. The Morgan fingerprint density at radius 1 is 1.47 bits per heavy atom. The van der Waals surface area contributed by atoms with E-state index in [4.69, 9.17) is 16.3 Å². The number of rotatable bonds is 12. The lowest BCUT2D eigenvalue weighted by molar-refractivity contribution is -0.130. The molecule has 0 saturated carbocycles. The Bertz CT molecular complexity index is 602. The lowest BCUT2D eigenvalue weighted by Crippen LogP contribution is -2.58. The molecule has 0 aromatic rings. The number of thioether (sulfide) groups is 1. The minimum absolute atomic E-state index is 0.319. The maximum atomic E-state index is 12.9. The summed E-state index contributed by atoms with van der Waals surface area (Å²) < 4.78 is 5.84. The van der Waals surface area contributed by atoms with E-state index in [9.17, 15) is 24.9 Å². The van der Waals surface area contributed by atoms with Gasteiger partial charge in [-0.1, -0.05) is 17.7 Å². The van der Waals surface area contributed by atoms with E-state index >= 15 is 0 Å². The molecule has 8 nitrogen and oxygen atoms in total. The van der Waals surface area contributed by atoms with Crippen LogP contribution in [0, 0.1) is 0 Å². The van der Waals surface area contributed by atoms with E-state index in [1.165, 1.54) is 17.8 Å². The highest BCUT2D eigenvalue weighted by molar-refractivity contribution is 7.99. The van der Waals surface area contributed by atoms with Gasteiger partial charge in [0.1, 0.15) is 23.9 Å². The van der Waals surface area contributed by atoms with Crippen LogP contribution in [0.1, 0.15) is 26.7 Å². The van der Waals surface area contributed by atoms with Gasteiger partial charge in [0, 0.05) is 0 Å². The van der Waals surface area contributed by atoms with E-state index in [1.807, 2.05) is 6.08 Å². The molecule has 1 amide bonds. The van der Waals surface area contributed by atoms with Crippen molar-refractivity contribution >= 4 is 35.6 Å². The number of aldehydes is 1. The number of alkyl halides is 1. The number of hydrogen-bond acceptors (Lipinski definition) is 8. The number of allylic oxidation sites excluding steroid dienone is 2. The van der Waals surface area contributed by atoms with Gasteiger partial charge in [0.2, 0.25) is 5.91 Å². The molecule has 30 heavy (non-hydrogen) atoms. The van der Waals surface area contributed by atoms with Crippen LogP contribution in [-0.2, 0) is 14.3 Å². The number of hydrogen-bond donors (Lipinski definition) is 5. The summed E-state index contributed by atoms with van der Waals surface area (Å²) in [4.78, 5) is 23.4. The van der Waals surface area contributed by atoms with Gasteiger partial charge in [0.15, 0.2) is 0 Å². The summed E-state index contributed by atoms with van der Waals surface area (Å²) in [5, 5.41) is 35.0. The van der Waals surface area contributed by atoms with Crippen LogP contribution in [0.15, 0.2) is 23.8 Å². The van der Waals surface area contributed by atoms with Crippen molar-refractivity contribution in [1.29, 1.82) is 0 Å². The van der Waals surface area contributed by atoms with Gasteiger partial charge in [-0.05, 0) is 45.6 Å². The zero-order valence-corrected chi connectivity index (χ0v) is 19.1. The summed E-state index contributed by atoms with van der Waals surface area (Å²) in [6.07, 6.45) is 5.44. The van der Waals surface area contributed by atoms with Crippen molar-refractivity contribution in [2.24, 2.45) is 0 Å². The summed E-state index contributed by atoms with van der Waals surface area (Å²) >= 11 is 7.56. The number of amides is 1. The van der Waals surface area contributed by atoms with Gasteiger partial charge in [-0.3, -0.25) is 9.59 Å². The molecule has 0 aliphatic carbocycles. The molecule has 5 N–H and O–H groups in total. The number of carbonyl (C=O) groups is 2. The van der Waals surface area contributed by atoms with Crippen LogP contribution in [0.3, 0.4) is 0 Å². The Morgan fingerprint density at radius 3 is 2.70 bits per heavy atom. The smallest absolute Gasteiger partial charge is 0.237 e. The quantitative estimate of drug-likeness (QED) is 0.121. The molecule has 1 rings (SSSR count). The Hall–Kier alpha value is -0.940. The summed E-state index contributed by atoms with van der Waals surface area (Å²) in [6, 6.07) is -1.33. The van der Waals surface area contributed by atoms with Crippen LogP contribution >= 0.6 is 23.4 Å². The SMILES string of the molecule is CSC(OC(C(NC(=O)C1CC=C(/C=C/C=O)CCN1)C(C)Cl)[C@@H](O)CO)C(C)O. The highest BCUT2D eigenvalue weighted by Crippen LogP contribution is 2.22.